The molecule has 0 unspecified atom stereocenters. The molecule has 7 nitrogen and oxygen atoms in total. The number of carbonyl (C=O) groups excluding carboxylic acids is 2. The quantitative estimate of drug-likeness (QED) is 0.506. The number of H-pyrrole nitrogens is 1. The summed E-state index contributed by atoms with van der Waals surface area (Å²) >= 11 is 3.23. The van der Waals surface area contributed by atoms with Gasteiger partial charge in [-0.1, -0.05) is 6.07 Å². The number of rotatable bonds is 6. The molecule has 1 aromatic carbocycles. The number of hydrazine groups is 1. The monoisotopic (exact) mass is 407 g/mol. The van der Waals surface area contributed by atoms with Gasteiger partial charge in [-0.2, -0.15) is 0 Å². The first kappa shape index (κ1) is 18.6. The Balaban J connectivity index is 1.93. The van der Waals surface area contributed by atoms with E-state index >= 15 is 0 Å². The van der Waals surface area contributed by atoms with Crippen LogP contribution < -0.4 is 20.3 Å². The number of amides is 2. The maximum atomic E-state index is 11.8. The molecule has 3 N–H and O–H groups in total. The zero-order valence-electron chi connectivity index (χ0n) is 13.8. The van der Waals surface area contributed by atoms with Crippen LogP contribution in [-0.2, 0) is 4.79 Å². The van der Waals surface area contributed by atoms with Gasteiger partial charge in [0.2, 0.25) is 0 Å². The molecule has 0 radical (unpaired) electrons. The molecule has 2 amide bonds. The molecule has 0 fully saturated rings. The normalized spacial score (nSPS) is 10.5. The average molecular weight is 408 g/mol. The summed E-state index contributed by atoms with van der Waals surface area (Å²) in [5.41, 5.74) is 5.71. The van der Waals surface area contributed by atoms with Crippen molar-refractivity contribution in [2.45, 2.75) is 6.92 Å². The van der Waals surface area contributed by atoms with Gasteiger partial charge in [0, 0.05) is 16.7 Å². The summed E-state index contributed by atoms with van der Waals surface area (Å²) in [5, 5.41) is 0. The molecule has 1 aromatic heterocycles. The Labute approximate surface area is 153 Å². The molecule has 0 aliphatic heterocycles. The molecule has 2 rings (SSSR count). The molecule has 0 atom stereocenters. The number of methoxy groups -OCH3 is 1. The fraction of sp³-hybridized carbons (Fsp3) is 0.176. The first-order valence-electron chi connectivity index (χ1n) is 7.46. The summed E-state index contributed by atoms with van der Waals surface area (Å²) in [7, 11) is 1.56. The molecule has 0 spiro atoms. The lowest BCUT2D eigenvalue weighted by atomic mass is 10.2. The van der Waals surface area contributed by atoms with E-state index < -0.39 is 11.8 Å². The maximum Gasteiger partial charge on any atom is 0.286 e. The summed E-state index contributed by atoms with van der Waals surface area (Å²) in [5.74, 6) is 0.300. The van der Waals surface area contributed by atoms with Gasteiger partial charge >= 0.3 is 0 Å². The summed E-state index contributed by atoms with van der Waals surface area (Å²) in [6.07, 6.45) is 4.54. The highest BCUT2D eigenvalue weighted by atomic mass is 79.9. The molecule has 8 heteroatoms. The van der Waals surface area contributed by atoms with E-state index in [1.807, 2.05) is 6.92 Å². The van der Waals surface area contributed by atoms with Crippen molar-refractivity contribution in [2.24, 2.45) is 0 Å². The molecular weight excluding hydrogens is 390 g/mol. The van der Waals surface area contributed by atoms with Crippen LogP contribution in [0.5, 0.6) is 11.5 Å². The summed E-state index contributed by atoms with van der Waals surface area (Å²) in [6, 6.07) is 6.92. The van der Waals surface area contributed by atoms with Gasteiger partial charge in [0.15, 0.2) is 11.5 Å². The van der Waals surface area contributed by atoms with Gasteiger partial charge in [-0.3, -0.25) is 20.4 Å². The molecule has 0 bridgehead atoms. The van der Waals surface area contributed by atoms with Crippen LogP contribution in [0.2, 0.25) is 0 Å². The smallest absolute Gasteiger partial charge is 0.286 e. The van der Waals surface area contributed by atoms with E-state index in [9.17, 15) is 9.59 Å². The van der Waals surface area contributed by atoms with Gasteiger partial charge in [0.25, 0.3) is 11.8 Å². The number of hydrogen-bond acceptors (Lipinski definition) is 4. The Morgan fingerprint density at radius 1 is 1.24 bits per heavy atom. The van der Waals surface area contributed by atoms with E-state index in [2.05, 4.69) is 31.8 Å². The minimum absolute atomic E-state index is 0.327. The van der Waals surface area contributed by atoms with Crippen LogP contribution >= 0.6 is 15.9 Å². The third-order valence-corrected chi connectivity index (χ3v) is 3.56. The molecule has 0 aliphatic carbocycles. The predicted octanol–water partition coefficient (Wildman–Crippen LogP) is 2.66. The van der Waals surface area contributed by atoms with E-state index in [1.54, 1.807) is 43.6 Å². The lowest BCUT2D eigenvalue weighted by molar-refractivity contribution is -0.117. The van der Waals surface area contributed by atoms with Crippen LogP contribution in [0, 0.1) is 0 Å². The van der Waals surface area contributed by atoms with Crippen molar-refractivity contribution in [3.05, 3.63) is 52.3 Å². The fourth-order valence-electron chi connectivity index (χ4n) is 1.96. The second-order valence-corrected chi connectivity index (χ2v) is 5.77. The minimum atomic E-state index is -0.465. The van der Waals surface area contributed by atoms with Crippen molar-refractivity contribution in [3.63, 3.8) is 0 Å². The van der Waals surface area contributed by atoms with Crippen molar-refractivity contribution < 1.29 is 19.1 Å². The number of nitrogens with one attached hydrogen (secondary N) is 3. The van der Waals surface area contributed by atoms with Crippen LogP contribution in [0.1, 0.15) is 23.0 Å². The second-order valence-electron chi connectivity index (χ2n) is 4.85. The number of aromatic nitrogens is 1. The Morgan fingerprint density at radius 2 is 2.04 bits per heavy atom. The van der Waals surface area contributed by atoms with Crippen molar-refractivity contribution in [1.82, 2.24) is 15.8 Å². The van der Waals surface area contributed by atoms with Crippen LogP contribution in [0.25, 0.3) is 6.08 Å². The van der Waals surface area contributed by atoms with E-state index in [1.165, 1.54) is 6.08 Å². The second kappa shape index (κ2) is 8.93. The van der Waals surface area contributed by atoms with Crippen LogP contribution in [-0.4, -0.2) is 30.5 Å². The Morgan fingerprint density at radius 3 is 2.68 bits per heavy atom. The number of ether oxygens (including phenoxy) is 2. The first-order chi connectivity index (χ1) is 12.0. The van der Waals surface area contributed by atoms with Gasteiger partial charge < -0.3 is 14.5 Å². The number of benzene rings is 1. The maximum absolute atomic E-state index is 11.8. The van der Waals surface area contributed by atoms with E-state index in [4.69, 9.17) is 9.47 Å². The van der Waals surface area contributed by atoms with Gasteiger partial charge in [-0.25, -0.2) is 0 Å². The molecule has 0 saturated carbocycles. The summed E-state index contributed by atoms with van der Waals surface area (Å²) < 4.78 is 11.4. The Hall–Kier alpha value is -2.74. The third-order valence-electron chi connectivity index (χ3n) is 3.11. The zero-order chi connectivity index (χ0) is 18.2. The largest absolute Gasteiger partial charge is 0.493 e. The van der Waals surface area contributed by atoms with Crippen molar-refractivity contribution in [1.29, 1.82) is 0 Å². The summed E-state index contributed by atoms with van der Waals surface area (Å²) in [4.78, 5) is 26.4. The number of halogens is 1. The molecular formula is C17H18BrN3O4. The topological polar surface area (TPSA) is 92.5 Å². The molecule has 2 aromatic rings. The predicted molar refractivity (Wildman–Crippen MR) is 97.3 cm³/mol. The SMILES string of the molecule is CCOc1cc(/C=C/C(=O)NNC(=O)c2cc(Br)c[nH]2)ccc1OC. The Kier molecular flexibility index (Phi) is 6.64. The van der Waals surface area contributed by atoms with Gasteiger partial charge in [-0.15, -0.1) is 0 Å². The van der Waals surface area contributed by atoms with Crippen molar-refractivity contribution in [3.8, 4) is 11.5 Å². The average Bonchev–Trinajstić information content (AvgIpc) is 3.05. The molecule has 132 valence electrons. The number of hydrogen-bond donors (Lipinski definition) is 3. The lowest BCUT2D eigenvalue weighted by Gasteiger charge is -2.09. The van der Waals surface area contributed by atoms with Crippen molar-refractivity contribution in [2.75, 3.05) is 13.7 Å². The number of carbonyl (C=O) groups is 2. The van der Waals surface area contributed by atoms with Crippen LogP contribution in [0.15, 0.2) is 41.0 Å². The zero-order valence-corrected chi connectivity index (χ0v) is 15.3. The van der Waals surface area contributed by atoms with Gasteiger partial charge in [0.1, 0.15) is 5.69 Å². The molecule has 0 saturated heterocycles. The van der Waals surface area contributed by atoms with Crippen LogP contribution in [0.3, 0.4) is 0 Å². The van der Waals surface area contributed by atoms with Crippen molar-refractivity contribution >= 4 is 33.8 Å². The fourth-order valence-corrected chi connectivity index (χ4v) is 2.31. The standard InChI is InChI=1S/C17H18BrN3O4/c1-3-25-15-8-11(4-6-14(15)24-2)5-7-16(22)20-21-17(23)13-9-12(18)10-19-13/h4-10,19H,3H2,1-2H3,(H,20,22)(H,21,23)/b7-5+. The van der Waals surface area contributed by atoms with Crippen LogP contribution in [0.4, 0.5) is 0 Å². The van der Waals surface area contributed by atoms with Gasteiger partial charge in [-0.05, 0) is 52.7 Å². The van der Waals surface area contributed by atoms with Gasteiger partial charge in [0.05, 0.1) is 13.7 Å². The lowest BCUT2D eigenvalue weighted by Crippen LogP contribution is -2.40. The van der Waals surface area contributed by atoms with E-state index in [0.717, 1.165) is 10.0 Å². The van der Waals surface area contributed by atoms with E-state index in [-0.39, 0.29) is 0 Å². The van der Waals surface area contributed by atoms with E-state index in [0.29, 0.717) is 23.8 Å². The minimum Gasteiger partial charge on any atom is -0.493 e. The first-order valence-corrected chi connectivity index (χ1v) is 8.26. The highest BCUT2D eigenvalue weighted by Crippen LogP contribution is 2.28. The number of aromatic amines is 1. The molecule has 25 heavy (non-hydrogen) atoms. The molecule has 1 heterocycles. The Bertz CT molecular complexity index is 786. The summed E-state index contributed by atoms with van der Waals surface area (Å²) in [6.45, 7) is 2.38. The highest BCUT2D eigenvalue weighted by molar-refractivity contribution is 9.10. The highest BCUT2D eigenvalue weighted by Gasteiger charge is 2.08. The third kappa shape index (κ3) is 5.39. The molecule has 0 aliphatic rings.